The number of aromatic nitrogens is 4. The first kappa shape index (κ1) is 43.8. The van der Waals surface area contributed by atoms with E-state index in [1.807, 2.05) is 61.5 Å². The molecule has 2 fully saturated rings. The van der Waals surface area contributed by atoms with Gasteiger partial charge in [0, 0.05) is 70.3 Å². The molecule has 0 saturated carbocycles. The van der Waals surface area contributed by atoms with Gasteiger partial charge in [-0.05, 0) is 91.5 Å². The molecule has 0 spiro atoms. The maximum absolute atomic E-state index is 13.5. The number of hydrogen-bond donors (Lipinski definition) is 1. The van der Waals surface area contributed by atoms with E-state index in [1.165, 1.54) is 0 Å². The molecule has 0 aliphatic carbocycles. The number of piperidine rings is 1. The molecule has 12 nitrogen and oxygen atoms in total. The van der Waals surface area contributed by atoms with Gasteiger partial charge in [0.1, 0.15) is 30.5 Å². The second-order valence-electron chi connectivity index (χ2n) is 19.5. The van der Waals surface area contributed by atoms with Crippen LogP contribution in [0.25, 0.3) is 22.9 Å². The van der Waals surface area contributed by atoms with Crippen LogP contribution in [0.3, 0.4) is 0 Å². The van der Waals surface area contributed by atoms with E-state index in [4.69, 9.17) is 29.0 Å². The topological polar surface area (TPSA) is 124 Å². The van der Waals surface area contributed by atoms with Crippen LogP contribution in [0.5, 0.6) is 0 Å². The van der Waals surface area contributed by atoms with E-state index in [1.54, 1.807) is 26.3 Å². The Labute approximate surface area is 337 Å². The largest absolute Gasteiger partial charge is 0.501 e. The van der Waals surface area contributed by atoms with Crippen molar-refractivity contribution in [1.29, 1.82) is 0 Å². The summed E-state index contributed by atoms with van der Waals surface area (Å²) in [6, 6.07) is 6.01. The molecule has 0 aromatic carbocycles. The summed E-state index contributed by atoms with van der Waals surface area (Å²) in [4.78, 5) is 27.8. The van der Waals surface area contributed by atoms with E-state index < -0.39 is 27.3 Å². The van der Waals surface area contributed by atoms with E-state index in [-0.39, 0.29) is 24.1 Å². The van der Waals surface area contributed by atoms with Crippen molar-refractivity contribution in [2.75, 3.05) is 38.2 Å². The summed E-state index contributed by atoms with van der Waals surface area (Å²) in [5.41, 5.74) is 3.14. The van der Waals surface area contributed by atoms with Crippen molar-refractivity contribution in [1.82, 2.24) is 24.5 Å². The van der Waals surface area contributed by atoms with Crippen molar-refractivity contribution in [2.45, 2.75) is 148 Å². The fourth-order valence-corrected chi connectivity index (χ4v) is 8.91. The molecular formula is C42H68N6O6Si2. The third kappa shape index (κ3) is 11.4. The van der Waals surface area contributed by atoms with Crippen molar-refractivity contribution in [3.05, 3.63) is 47.7 Å². The van der Waals surface area contributed by atoms with Gasteiger partial charge in [0.25, 0.3) is 0 Å². The second kappa shape index (κ2) is 17.7. The average molecular weight is 809 g/mol. The fourth-order valence-electron chi connectivity index (χ4n) is 7.39. The van der Waals surface area contributed by atoms with Crippen LogP contribution in [-0.2, 0) is 24.5 Å². The Bertz CT molecular complexity index is 1770. The minimum Gasteiger partial charge on any atom is -0.501 e. The zero-order chi connectivity index (χ0) is 41.1. The highest BCUT2D eigenvalue weighted by molar-refractivity contribution is 6.76. The maximum atomic E-state index is 13.5. The van der Waals surface area contributed by atoms with Crippen molar-refractivity contribution >= 4 is 39.8 Å². The maximum Gasteiger partial charge on any atom is 0.410 e. The molecule has 56 heavy (non-hydrogen) atoms. The Morgan fingerprint density at radius 3 is 2.05 bits per heavy atom. The van der Waals surface area contributed by atoms with Gasteiger partial charge in [-0.1, -0.05) is 45.3 Å². The zero-order valence-electron chi connectivity index (χ0n) is 36.1. The Morgan fingerprint density at radius 2 is 1.55 bits per heavy atom. The summed E-state index contributed by atoms with van der Waals surface area (Å²) < 4.78 is 26.6. The molecular weight excluding hydrogens is 741 g/mol. The van der Waals surface area contributed by atoms with Crippen LogP contribution in [-0.4, -0.2) is 103 Å². The van der Waals surface area contributed by atoms with Crippen molar-refractivity contribution < 1.29 is 28.8 Å². The summed E-state index contributed by atoms with van der Waals surface area (Å²) in [6.07, 6.45) is 10.5. The Kier molecular flexibility index (Phi) is 13.8. The quantitative estimate of drug-likeness (QED) is 0.0612. The molecule has 1 amide bonds. The molecule has 2 saturated heterocycles. The minimum absolute atomic E-state index is 0.0488. The van der Waals surface area contributed by atoms with E-state index >= 15 is 0 Å². The van der Waals surface area contributed by atoms with Crippen molar-refractivity contribution in [3.8, 4) is 11.1 Å². The lowest BCUT2D eigenvalue weighted by Crippen LogP contribution is -2.48. The van der Waals surface area contributed by atoms with Gasteiger partial charge in [-0.3, -0.25) is 4.98 Å². The lowest BCUT2D eigenvalue weighted by atomic mass is 9.86. The van der Waals surface area contributed by atoms with E-state index in [0.29, 0.717) is 44.6 Å². The van der Waals surface area contributed by atoms with Crippen LogP contribution in [0.15, 0.2) is 30.8 Å². The minimum atomic E-state index is -1.34. The third-order valence-electron chi connectivity index (χ3n) is 10.4. The van der Waals surface area contributed by atoms with Gasteiger partial charge in [-0.2, -0.15) is 9.61 Å². The van der Waals surface area contributed by atoms with Crippen molar-refractivity contribution in [2.24, 2.45) is 0 Å². The van der Waals surface area contributed by atoms with Crippen molar-refractivity contribution in [3.63, 3.8) is 0 Å². The highest BCUT2D eigenvalue weighted by Crippen LogP contribution is 2.46. The molecule has 3 atom stereocenters. The molecule has 2 aliphatic heterocycles. The molecule has 2 bridgehead atoms. The number of anilines is 1. The van der Waals surface area contributed by atoms with Gasteiger partial charge in [0.2, 0.25) is 0 Å². The van der Waals surface area contributed by atoms with Crippen LogP contribution in [0.2, 0.25) is 51.4 Å². The molecule has 0 unspecified atom stereocenters. The number of fused-ring (bicyclic) bond motifs is 3. The highest BCUT2D eigenvalue weighted by atomic mass is 28.3. The van der Waals surface area contributed by atoms with E-state index in [2.05, 4.69) is 49.2 Å². The number of ether oxygens (including phenoxy) is 4. The molecule has 5 rings (SSSR count). The number of carbonyl (C=O) groups is 1. The SMILES string of the molecule is CCO/C=C\c1c([C@@H]2C[C@H]3CC[C@@H](C2)N3C(=O)OC(C)(C)C)nc2c(-c3ccc(C(C)(C)O)nc3)cnn2c1N(COCC[Si](C)(C)C)COCC[Si](C)(C)C. The second-order valence-corrected chi connectivity index (χ2v) is 30.7. The summed E-state index contributed by atoms with van der Waals surface area (Å²) in [5, 5.41) is 15.6. The molecule has 5 heterocycles. The van der Waals surface area contributed by atoms with E-state index in [9.17, 15) is 9.90 Å². The molecule has 3 aromatic heterocycles. The Balaban J connectivity index is 1.66. The summed E-state index contributed by atoms with van der Waals surface area (Å²) >= 11 is 0. The monoisotopic (exact) mass is 808 g/mol. The normalized spacial score (nSPS) is 19.3. The number of carbonyl (C=O) groups excluding carboxylic acids is 1. The lowest BCUT2D eigenvalue weighted by molar-refractivity contribution is 0.00567. The smallest absolute Gasteiger partial charge is 0.410 e. The van der Waals surface area contributed by atoms with Crippen LogP contribution in [0, 0.1) is 0 Å². The number of pyridine rings is 1. The first-order valence-corrected chi connectivity index (χ1v) is 27.9. The molecule has 14 heteroatoms. The molecule has 3 aromatic rings. The summed E-state index contributed by atoms with van der Waals surface area (Å²) in [5.74, 6) is 0.869. The van der Waals surface area contributed by atoms with Gasteiger partial charge in [-0.25, -0.2) is 9.78 Å². The zero-order valence-corrected chi connectivity index (χ0v) is 38.1. The highest BCUT2D eigenvalue weighted by Gasteiger charge is 2.46. The summed E-state index contributed by atoms with van der Waals surface area (Å²) in [6.45, 7) is 27.8. The van der Waals surface area contributed by atoms with Crippen LogP contribution >= 0.6 is 0 Å². The first-order chi connectivity index (χ1) is 26.1. The van der Waals surface area contributed by atoms with Gasteiger partial charge in [0.05, 0.1) is 30.5 Å². The van der Waals surface area contributed by atoms with E-state index in [0.717, 1.165) is 66.0 Å². The van der Waals surface area contributed by atoms with Gasteiger partial charge in [-0.15, -0.1) is 0 Å². The predicted molar refractivity (Wildman–Crippen MR) is 229 cm³/mol. The number of hydrogen-bond acceptors (Lipinski definition) is 10. The Hall–Kier alpha value is -3.31. The number of rotatable bonds is 17. The standard InChI is InChI=1S/C42H68N6O6Si2/c1-13-51-19-18-34-37(31-24-32-15-16-33(25-31)47(32)40(49)54-41(2,3)4)45-38-35(30-14-17-36(43-26-30)42(5,6)50)27-44-48(38)39(34)46(28-52-20-22-55(7,8)9)29-53-21-23-56(10,11)12/h14,17-19,26-27,31-33,50H,13,15-16,20-25,28-29H2,1-12H3/b19-18-/t31-,32-,33+. The number of amides is 1. The lowest BCUT2D eigenvalue weighted by Gasteiger charge is -2.40. The van der Waals surface area contributed by atoms with Gasteiger partial charge in [0.15, 0.2) is 5.65 Å². The molecule has 2 aliphatic rings. The first-order valence-electron chi connectivity index (χ1n) is 20.5. The van der Waals surface area contributed by atoms with Crippen LogP contribution < -0.4 is 4.90 Å². The molecule has 1 N–H and O–H groups in total. The third-order valence-corrected chi connectivity index (χ3v) is 13.8. The summed E-state index contributed by atoms with van der Waals surface area (Å²) in [7, 11) is -2.67. The molecule has 0 radical (unpaired) electrons. The number of aliphatic hydroxyl groups is 1. The van der Waals surface area contributed by atoms with Gasteiger partial charge < -0.3 is 33.9 Å². The van der Waals surface area contributed by atoms with Crippen LogP contribution in [0.4, 0.5) is 10.6 Å². The molecule has 310 valence electrons. The fraction of sp³-hybridized carbons (Fsp3) is 0.667. The Morgan fingerprint density at radius 1 is 0.946 bits per heavy atom. The average Bonchev–Trinajstić information content (AvgIpc) is 3.63. The van der Waals surface area contributed by atoms with Crippen LogP contribution in [0.1, 0.15) is 90.1 Å². The van der Waals surface area contributed by atoms with Gasteiger partial charge >= 0.3 is 6.09 Å². The predicted octanol–water partition coefficient (Wildman–Crippen LogP) is 9.10. The number of nitrogens with zero attached hydrogens (tertiary/aromatic N) is 6.